The second-order valence-corrected chi connectivity index (χ2v) is 5.50. The number of alkyl halides is 3. The molecule has 0 spiro atoms. The van der Waals surface area contributed by atoms with Crippen LogP contribution in [0.5, 0.6) is 0 Å². The molecule has 7 heteroatoms. The van der Waals surface area contributed by atoms with Crippen LogP contribution in [0.1, 0.15) is 24.1 Å². The fourth-order valence-electron chi connectivity index (χ4n) is 2.62. The van der Waals surface area contributed by atoms with Crippen molar-refractivity contribution in [1.82, 2.24) is 15.0 Å². The Morgan fingerprint density at radius 1 is 1.22 bits per heavy atom. The lowest BCUT2D eigenvalue weighted by Crippen LogP contribution is -2.22. The minimum absolute atomic E-state index is 0.0158. The highest BCUT2D eigenvalue weighted by atomic mass is 19.4. The number of hydrogen-bond acceptors (Lipinski definition) is 4. The monoisotopic (exact) mass is 320 g/mol. The number of aromatic nitrogens is 3. The topological polar surface area (TPSA) is 41.9 Å². The van der Waals surface area contributed by atoms with Crippen LogP contribution < -0.4 is 4.90 Å². The molecule has 0 amide bonds. The van der Waals surface area contributed by atoms with Gasteiger partial charge in [-0.1, -0.05) is 6.58 Å². The molecule has 120 valence electrons. The quantitative estimate of drug-likeness (QED) is 0.839. The molecule has 23 heavy (non-hydrogen) atoms. The molecule has 4 nitrogen and oxygen atoms in total. The van der Waals surface area contributed by atoms with Crippen LogP contribution in [0.25, 0.3) is 11.4 Å². The van der Waals surface area contributed by atoms with Crippen molar-refractivity contribution in [3.8, 4) is 11.4 Å². The van der Waals surface area contributed by atoms with Crippen LogP contribution in [0, 0.1) is 6.92 Å². The molecule has 0 atom stereocenters. The number of nitrogens with zero attached hydrogens (tertiary/aromatic N) is 4. The Hall–Kier alpha value is -2.44. The van der Waals surface area contributed by atoms with E-state index in [4.69, 9.17) is 0 Å². The van der Waals surface area contributed by atoms with Crippen molar-refractivity contribution in [2.24, 2.45) is 0 Å². The zero-order valence-corrected chi connectivity index (χ0v) is 12.6. The average Bonchev–Trinajstić information content (AvgIpc) is 2.92. The summed E-state index contributed by atoms with van der Waals surface area (Å²) in [6, 6.07) is 1.71. The van der Waals surface area contributed by atoms with Gasteiger partial charge in [-0.3, -0.25) is 4.98 Å². The molecule has 1 aliphatic rings. The zero-order chi connectivity index (χ0) is 16.6. The summed E-state index contributed by atoms with van der Waals surface area (Å²) in [6.07, 6.45) is 1.20. The molecule has 2 aromatic rings. The van der Waals surface area contributed by atoms with Crippen LogP contribution in [0.2, 0.25) is 0 Å². The van der Waals surface area contributed by atoms with E-state index in [9.17, 15) is 13.2 Å². The van der Waals surface area contributed by atoms with E-state index in [1.807, 2.05) is 6.92 Å². The van der Waals surface area contributed by atoms with Crippen molar-refractivity contribution in [2.45, 2.75) is 25.9 Å². The highest BCUT2D eigenvalue weighted by Gasteiger charge is 2.38. The summed E-state index contributed by atoms with van der Waals surface area (Å²) < 4.78 is 40.3. The Labute approximate surface area is 131 Å². The van der Waals surface area contributed by atoms with E-state index in [0.717, 1.165) is 12.0 Å². The van der Waals surface area contributed by atoms with Gasteiger partial charge in [0.25, 0.3) is 0 Å². The predicted octanol–water partition coefficient (Wildman–Crippen LogP) is 3.98. The Morgan fingerprint density at radius 3 is 2.61 bits per heavy atom. The molecule has 0 aromatic carbocycles. The van der Waals surface area contributed by atoms with E-state index in [2.05, 4.69) is 21.5 Å². The third kappa shape index (κ3) is 3.04. The van der Waals surface area contributed by atoms with Crippen LogP contribution in [-0.4, -0.2) is 21.5 Å². The number of rotatable bonds is 2. The SMILES string of the molecule is C=C1CCCN1c1cnc(-c2cncc(C)c2)nc1C(F)(F)F. The highest BCUT2D eigenvalue weighted by Crippen LogP contribution is 2.38. The van der Waals surface area contributed by atoms with Crippen molar-refractivity contribution in [3.63, 3.8) is 0 Å². The van der Waals surface area contributed by atoms with Crippen molar-refractivity contribution in [2.75, 3.05) is 11.4 Å². The van der Waals surface area contributed by atoms with Gasteiger partial charge in [-0.2, -0.15) is 13.2 Å². The molecule has 0 N–H and O–H groups in total. The van der Waals surface area contributed by atoms with Gasteiger partial charge >= 0.3 is 6.18 Å². The minimum Gasteiger partial charge on any atom is -0.343 e. The number of allylic oxidation sites excluding steroid dienone is 1. The third-order valence-corrected chi connectivity index (χ3v) is 3.69. The van der Waals surface area contributed by atoms with Gasteiger partial charge in [0.1, 0.15) is 0 Å². The highest BCUT2D eigenvalue weighted by molar-refractivity contribution is 5.61. The van der Waals surface area contributed by atoms with Crippen molar-refractivity contribution >= 4 is 5.69 Å². The molecule has 3 heterocycles. The third-order valence-electron chi connectivity index (χ3n) is 3.69. The van der Waals surface area contributed by atoms with Crippen LogP contribution in [0.4, 0.5) is 18.9 Å². The maximum atomic E-state index is 13.4. The molecule has 3 rings (SSSR count). The molecule has 0 unspecified atom stereocenters. The Bertz CT molecular complexity index is 755. The van der Waals surface area contributed by atoms with Gasteiger partial charge in [0.2, 0.25) is 0 Å². The molecule has 1 saturated heterocycles. The van der Waals surface area contributed by atoms with Gasteiger partial charge in [0, 0.05) is 30.2 Å². The lowest BCUT2D eigenvalue weighted by atomic mass is 10.2. The van der Waals surface area contributed by atoms with Gasteiger partial charge in [-0.25, -0.2) is 9.97 Å². The summed E-state index contributed by atoms with van der Waals surface area (Å²) in [4.78, 5) is 13.4. The standard InChI is InChI=1S/C16H15F3N4/c1-10-6-12(8-20-7-10)15-21-9-13(14(22-15)16(17,18)19)23-5-3-4-11(23)2/h6-9H,2-5H2,1H3. The fourth-order valence-corrected chi connectivity index (χ4v) is 2.62. The van der Waals surface area contributed by atoms with Crippen LogP contribution in [0.3, 0.4) is 0 Å². The maximum Gasteiger partial charge on any atom is 0.435 e. The molecular formula is C16H15F3N4. The molecule has 0 saturated carbocycles. The first-order valence-electron chi connectivity index (χ1n) is 7.18. The number of hydrogen-bond donors (Lipinski definition) is 0. The summed E-state index contributed by atoms with van der Waals surface area (Å²) in [6.45, 7) is 6.13. The fraction of sp³-hybridized carbons (Fsp3) is 0.312. The van der Waals surface area contributed by atoms with E-state index in [1.54, 1.807) is 17.2 Å². The maximum absolute atomic E-state index is 13.4. The zero-order valence-electron chi connectivity index (χ0n) is 12.6. The van der Waals surface area contributed by atoms with Gasteiger partial charge < -0.3 is 4.90 Å². The Balaban J connectivity index is 2.11. The van der Waals surface area contributed by atoms with Gasteiger partial charge in [0.05, 0.1) is 11.9 Å². The average molecular weight is 320 g/mol. The van der Waals surface area contributed by atoms with E-state index < -0.39 is 11.9 Å². The number of halogens is 3. The predicted molar refractivity (Wildman–Crippen MR) is 80.7 cm³/mol. The van der Waals surface area contributed by atoms with E-state index in [1.165, 1.54) is 12.4 Å². The molecule has 1 fully saturated rings. The van der Waals surface area contributed by atoms with Crippen molar-refractivity contribution in [1.29, 1.82) is 0 Å². The first-order valence-corrected chi connectivity index (χ1v) is 7.18. The van der Waals surface area contributed by atoms with Crippen LogP contribution >= 0.6 is 0 Å². The van der Waals surface area contributed by atoms with Crippen molar-refractivity contribution in [3.05, 3.63) is 48.2 Å². The summed E-state index contributed by atoms with van der Waals surface area (Å²) >= 11 is 0. The summed E-state index contributed by atoms with van der Waals surface area (Å²) in [7, 11) is 0. The van der Waals surface area contributed by atoms with Gasteiger partial charge in [-0.05, 0) is 31.4 Å². The first-order chi connectivity index (χ1) is 10.9. The van der Waals surface area contributed by atoms with Crippen molar-refractivity contribution < 1.29 is 13.2 Å². The molecule has 0 radical (unpaired) electrons. The largest absolute Gasteiger partial charge is 0.435 e. The number of anilines is 1. The number of pyridine rings is 1. The lowest BCUT2D eigenvalue weighted by Gasteiger charge is -2.22. The molecule has 0 bridgehead atoms. The minimum atomic E-state index is -4.56. The second-order valence-electron chi connectivity index (χ2n) is 5.50. The molecular weight excluding hydrogens is 305 g/mol. The second kappa shape index (κ2) is 5.64. The lowest BCUT2D eigenvalue weighted by molar-refractivity contribution is -0.140. The van der Waals surface area contributed by atoms with Gasteiger partial charge in [-0.15, -0.1) is 0 Å². The van der Waals surface area contributed by atoms with E-state index in [-0.39, 0.29) is 11.5 Å². The van der Waals surface area contributed by atoms with E-state index in [0.29, 0.717) is 24.2 Å². The van der Waals surface area contributed by atoms with Gasteiger partial charge in [0.15, 0.2) is 11.5 Å². The summed E-state index contributed by atoms with van der Waals surface area (Å²) in [5, 5.41) is 0. The van der Waals surface area contributed by atoms with E-state index >= 15 is 0 Å². The molecule has 1 aliphatic heterocycles. The molecule has 2 aromatic heterocycles. The first kappa shape index (κ1) is 15.5. The van der Waals surface area contributed by atoms with Crippen LogP contribution in [0.15, 0.2) is 36.9 Å². The smallest absolute Gasteiger partial charge is 0.343 e. The number of aryl methyl sites for hydroxylation is 1. The Morgan fingerprint density at radius 2 is 2.00 bits per heavy atom. The normalized spacial score (nSPS) is 15.3. The molecule has 0 aliphatic carbocycles. The summed E-state index contributed by atoms with van der Waals surface area (Å²) in [5.74, 6) is 0.0158. The Kier molecular flexibility index (Phi) is 3.79. The van der Waals surface area contributed by atoms with Crippen LogP contribution in [-0.2, 0) is 6.18 Å². The summed E-state index contributed by atoms with van der Waals surface area (Å²) in [5.41, 5.74) is 0.972.